The van der Waals surface area contributed by atoms with Gasteiger partial charge in [0, 0.05) is 26.2 Å². The average Bonchev–Trinajstić information content (AvgIpc) is 2.49. The second kappa shape index (κ2) is 6.40. The first-order valence-electron chi connectivity index (χ1n) is 6.48. The number of hydrogen-bond donors (Lipinski definition) is 3. The summed E-state index contributed by atoms with van der Waals surface area (Å²) in [5.41, 5.74) is 5.39. The SMILES string of the molecule is N/C(CN1CCN(C(=O)c2cc(F)ccc2O)CC1)=N/O. The Morgan fingerprint density at radius 1 is 1.33 bits per heavy atom. The zero-order chi connectivity index (χ0) is 15.4. The van der Waals surface area contributed by atoms with E-state index in [1.807, 2.05) is 4.90 Å². The summed E-state index contributed by atoms with van der Waals surface area (Å²) in [7, 11) is 0. The lowest BCUT2D eigenvalue weighted by atomic mass is 10.1. The van der Waals surface area contributed by atoms with Crippen molar-refractivity contribution in [2.75, 3.05) is 32.7 Å². The number of nitrogens with zero attached hydrogens (tertiary/aromatic N) is 3. The van der Waals surface area contributed by atoms with Crippen molar-refractivity contribution in [2.45, 2.75) is 0 Å². The summed E-state index contributed by atoms with van der Waals surface area (Å²) in [6.45, 7) is 2.28. The number of piperazine rings is 1. The van der Waals surface area contributed by atoms with Gasteiger partial charge >= 0.3 is 0 Å². The third kappa shape index (κ3) is 3.60. The van der Waals surface area contributed by atoms with E-state index in [-0.39, 0.29) is 17.1 Å². The molecular formula is C13H17FN4O3. The number of amidine groups is 1. The molecule has 0 spiro atoms. The maximum Gasteiger partial charge on any atom is 0.257 e. The molecular weight excluding hydrogens is 279 g/mol. The van der Waals surface area contributed by atoms with E-state index in [1.54, 1.807) is 0 Å². The average molecular weight is 296 g/mol. The molecule has 1 fully saturated rings. The third-order valence-electron chi connectivity index (χ3n) is 3.36. The Morgan fingerprint density at radius 3 is 2.62 bits per heavy atom. The summed E-state index contributed by atoms with van der Waals surface area (Å²) in [4.78, 5) is 15.7. The van der Waals surface area contributed by atoms with Gasteiger partial charge in [0.1, 0.15) is 11.6 Å². The van der Waals surface area contributed by atoms with E-state index < -0.39 is 11.7 Å². The second-order valence-corrected chi connectivity index (χ2v) is 4.82. The van der Waals surface area contributed by atoms with Crippen LogP contribution in [0.5, 0.6) is 5.75 Å². The Labute approximate surface area is 121 Å². The van der Waals surface area contributed by atoms with E-state index in [4.69, 9.17) is 10.9 Å². The molecule has 0 aromatic heterocycles. The molecule has 0 unspecified atom stereocenters. The Bertz CT molecular complexity index is 556. The zero-order valence-corrected chi connectivity index (χ0v) is 11.4. The lowest BCUT2D eigenvalue weighted by Crippen LogP contribution is -2.50. The fourth-order valence-electron chi connectivity index (χ4n) is 2.22. The fourth-order valence-corrected chi connectivity index (χ4v) is 2.22. The number of phenolic OH excluding ortho intramolecular Hbond substituents is 1. The van der Waals surface area contributed by atoms with Gasteiger partial charge in [0.05, 0.1) is 12.1 Å². The molecule has 1 amide bonds. The van der Waals surface area contributed by atoms with E-state index in [0.717, 1.165) is 18.2 Å². The molecule has 0 radical (unpaired) electrons. The first kappa shape index (κ1) is 15.0. The predicted octanol–water partition coefficient (Wildman–Crippen LogP) is 0.0355. The summed E-state index contributed by atoms with van der Waals surface area (Å²) in [6, 6.07) is 3.29. The first-order valence-corrected chi connectivity index (χ1v) is 6.48. The molecule has 1 saturated heterocycles. The lowest BCUT2D eigenvalue weighted by Gasteiger charge is -2.34. The molecule has 0 saturated carbocycles. The van der Waals surface area contributed by atoms with Crippen molar-refractivity contribution in [3.8, 4) is 5.75 Å². The number of aromatic hydroxyl groups is 1. The molecule has 1 heterocycles. The predicted molar refractivity (Wildman–Crippen MR) is 73.8 cm³/mol. The summed E-state index contributed by atoms with van der Waals surface area (Å²) >= 11 is 0. The highest BCUT2D eigenvalue weighted by atomic mass is 19.1. The Kier molecular flexibility index (Phi) is 4.59. The molecule has 0 aliphatic carbocycles. The lowest BCUT2D eigenvalue weighted by molar-refractivity contribution is 0.0649. The number of nitrogens with two attached hydrogens (primary N) is 1. The standard InChI is InChI=1S/C13H17FN4O3/c14-9-1-2-11(19)10(7-9)13(20)18-5-3-17(4-6-18)8-12(15)16-21/h1-2,7,19,21H,3-6,8H2,(H2,15,16). The van der Waals surface area contributed by atoms with Crippen molar-refractivity contribution in [1.29, 1.82) is 0 Å². The van der Waals surface area contributed by atoms with Gasteiger partial charge in [0.2, 0.25) is 0 Å². The number of oxime groups is 1. The highest BCUT2D eigenvalue weighted by molar-refractivity contribution is 5.96. The van der Waals surface area contributed by atoms with E-state index in [2.05, 4.69) is 5.16 Å². The van der Waals surface area contributed by atoms with Crippen molar-refractivity contribution in [3.63, 3.8) is 0 Å². The van der Waals surface area contributed by atoms with Crippen LogP contribution in [-0.2, 0) is 0 Å². The monoisotopic (exact) mass is 296 g/mol. The van der Waals surface area contributed by atoms with Crippen LogP contribution < -0.4 is 5.73 Å². The van der Waals surface area contributed by atoms with E-state index in [1.165, 1.54) is 4.90 Å². The molecule has 1 aromatic carbocycles. The Hall–Kier alpha value is -2.35. The zero-order valence-electron chi connectivity index (χ0n) is 11.4. The van der Waals surface area contributed by atoms with Gasteiger partial charge in [-0.15, -0.1) is 0 Å². The van der Waals surface area contributed by atoms with Crippen LogP contribution in [0.25, 0.3) is 0 Å². The molecule has 2 rings (SSSR count). The molecule has 8 heteroatoms. The molecule has 0 atom stereocenters. The molecule has 7 nitrogen and oxygen atoms in total. The van der Waals surface area contributed by atoms with Gasteiger partial charge in [-0.05, 0) is 18.2 Å². The molecule has 114 valence electrons. The molecule has 21 heavy (non-hydrogen) atoms. The van der Waals surface area contributed by atoms with Gasteiger partial charge < -0.3 is 20.9 Å². The quantitative estimate of drug-likeness (QED) is 0.316. The van der Waals surface area contributed by atoms with Crippen molar-refractivity contribution >= 4 is 11.7 Å². The van der Waals surface area contributed by atoms with Crippen LogP contribution in [-0.4, -0.2) is 64.6 Å². The van der Waals surface area contributed by atoms with Crippen LogP contribution in [0, 0.1) is 5.82 Å². The first-order chi connectivity index (χ1) is 10.0. The number of carbonyl (C=O) groups excluding carboxylic acids is 1. The molecule has 1 aromatic rings. The topological polar surface area (TPSA) is 102 Å². The summed E-state index contributed by atoms with van der Waals surface area (Å²) < 4.78 is 13.2. The van der Waals surface area contributed by atoms with Crippen LogP contribution in [0.2, 0.25) is 0 Å². The number of benzene rings is 1. The number of carbonyl (C=O) groups is 1. The van der Waals surface area contributed by atoms with Gasteiger partial charge in [-0.3, -0.25) is 9.69 Å². The minimum Gasteiger partial charge on any atom is -0.507 e. The maximum atomic E-state index is 13.2. The summed E-state index contributed by atoms with van der Waals surface area (Å²) in [5.74, 6) is -1.10. The Balaban J connectivity index is 1.99. The number of hydrogen-bond acceptors (Lipinski definition) is 5. The molecule has 4 N–H and O–H groups in total. The van der Waals surface area contributed by atoms with E-state index in [0.29, 0.717) is 32.7 Å². The van der Waals surface area contributed by atoms with Crippen molar-refractivity contribution < 1.29 is 19.5 Å². The summed E-state index contributed by atoms with van der Waals surface area (Å²) in [6.07, 6.45) is 0. The van der Waals surface area contributed by atoms with E-state index >= 15 is 0 Å². The van der Waals surface area contributed by atoms with Crippen molar-refractivity contribution in [3.05, 3.63) is 29.6 Å². The number of phenols is 1. The van der Waals surface area contributed by atoms with Gasteiger partial charge in [0.25, 0.3) is 5.91 Å². The third-order valence-corrected chi connectivity index (χ3v) is 3.36. The molecule has 1 aliphatic heterocycles. The minimum absolute atomic E-state index is 0.0418. The van der Waals surface area contributed by atoms with Crippen LogP contribution in [0.15, 0.2) is 23.4 Å². The van der Waals surface area contributed by atoms with Crippen molar-refractivity contribution in [2.24, 2.45) is 10.9 Å². The number of rotatable bonds is 3. The summed E-state index contributed by atoms with van der Waals surface area (Å²) in [5, 5.41) is 21.1. The normalized spacial score (nSPS) is 17.0. The largest absolute Gasteiger partial charge is 0.507 e. The van der Waals surface area contributed by atoms with Crippen LogP contribution in [0.3, 0.4) is 0 Å². The van der Waals surface area contributed by atoms with Gasteiger partial charge in [-0.1, -0.05) is 5.16 Å². The number of halogens is 1. The van der Waals surface area contributed by atoms with Gasteiger partial charge in [0.15, 0.2) is 5.84 Å². The molecule has 1 aliphatic rings. The smallest absolute Gasteiger partial charge is 0.257 e. The van der Waals surface area contributed by atoms with Crippen LogP contribution >= 0.6 is 0 Å². The second-order valence-electron chi connectivity index (χ2n) is 4.82. The number of amides is 1. The Morgan fingerprint density at radius 2 is 2.00 bits per heavy atom. The van der Waals surface area contributed by atoms with Gasteiger partial charge in [-0.2, -0.15) is 0 Å². The maximum absolute atomic E-state index is 13.2. The van der Waals surface area contributed by atoms with Crippen molar-refractivity contribution in [1.82, 2.24) is 9.80 Å². The van der Waals surface area contributed by atoms with E-state index in [9.17, 15) is 14.3 Å². The van der Waals surface area contributed by atoms with Crippen LogP contribution in [0.4, 0.5) is 4.39 Å². The molecule has 0 bridgehead atoms. The van der Waals surface area contributed by atoms with Gasteiger partial charge in [-0.25, -0.2) is 4.39 Å². The fraction of sp³-hybridized carbons (Fsp3) is 0.385. The minimum atomic E-state index is -0.568. The highest BCUT2D eigenvalue weighted by Crippen LogP contribution is 2.20. The highest BCUT2D eigenvalue weighted by Gasteiger charge is 2.24. The van der Waals surface area contributed by atoms with Crippen LogP contribution in [0.1, 0.15) is 10.4 Å².